The standard InChI is InChI=1S/C15H18N4/c1-2-7-16-14(6-1)11-13-5-3-10-19(12-13)15-17-8-4-9-18-15/h1-2,4,6-9,13H,3,5,10-12H2. The lowest BCUT2D eigenvalue weighted by Crippen LogP contribution is -2.37. The third kappa shape index (κ3) is 3.08. The highest BCUT2D eigenvalue weighted by Crippen LogP contribution is 2.22. The van der Waals surface area contributed by atoms with Crippen molar-refractivity contribution in [1.82, 2.24) is 15.0 Å². The minimum absolute atomic E-state index is 0.646. The molecule has 4 nitrogen and oxygen atoms in total. The molecule has 1 aliphatic heterocycles. The molecule has 0 saturated carbocycles. The van der Waals surface area contributed by atoms with Crippen LogP contribution in [0.4, 0.5) is 5.95 Å². The summed E-state index contributed by atoms with van der Waals surface area (Å²) in [6, 6.07) is 7.99. The van der Waals surface area contributed by atoms with Gasteiger partial charge in [0, 0.05) is 37.4 Å². The van der Waals surface area contributed by atoms with Gasteiger partial charge in [0.15, 0.2) is 0 Å². The van der Waals surface area contributed by atoms with Crippen LogP contribution in [0, 0.1) is 5.92 Å². The van der Waals surface area contributed by atoms with Gasteiger partial charge in [0.25, 0.3) is 0 Å². The van der Waals surface area contributed by atoms with E-state index in [0.29, 0.717) is 5.92 Å². The van der Waals surface area contributed by atoms with Crippen molar-refractivity contribution in [3.05, 3.63) is 48.5 Å². The summed E-state index contributed by atoms with van der Waals surface area (Å²) < 4.78 is 0. The molecule has 0 aromatic carbocycles. The molecule has 3 rings (SSSR count). The van der Waals surface area contributed by atoms with Crippen molar-refractivity contribution in [2.75, 3.05) is 18.0 Å². The summed E-state index contributed by atoms with van der Waals surface area (Å²) in [6.07, 6.45) is 9.01. The molecule has 1 atom stereocenters. The van der Waals surface area contributed by atoms with Crippen LogP contribution in [-0.4, -0.2) is 28.0 Å². The first kappa shape index (κ1) is 12.1. The highest BCUT2D eigenvalue weighted by molar-refractivity contribution is 5.29. The average Bonchev–Trinajstić information content (AvgIpc) is 2.49. The van der Waals surface area contributed by atoms with Gasteiger partial charge in [-0.2, -0.15) is 0 Å². The molecule has 3 heterocycles. The first-order valence-corrected chi connectivity index (χ1v) is 6.84. The fourth-order valence-electron chi connectivity index (χ4n) is 2.68. The number of anilines is 1. The molecule has 1 aliphatic rings. The van der Waals surface area contributed by atoms with E-state index in [0.717, 1.165) is 25.5 Å². The second-order valence-corrected chi connectivity index (χ2v) is 5.03. The number of nitrogens with zero attached hydrogens (tertiary/aromatic N) is 4. The van der Waals surface area contributed by atoms with Crippen molar-refractivity contribution in [2.24, 2.45) is 5.92 Å². The molecule has 1 fully saturated rings. The molecule has 19 heavy (non-hydrogen) atoms. The van der Waals surface area contributed by atoms with Crippen LogP contribution < -0.4 is 4.90 Å². The largest absolute Gasteiger partial charge is 0.341 e. The van der Waals surface area contributed by atoms with Gasteiger partial charge in [-0.15, -0.1) is 0 Å². The molecule has 0 N–H and O–H groups in total. The predicted octanol–water partition coefficient (Wildman–Crippen LogP) is 2.33. The number of rotatable bonds is 3. The van der Waals surface area contributed by atoms with Crippen molar-refractivity contribution in [2.45, 2.75) is 19.3 Å². The predicted molar refractivity (Wildman–Crippen MR) is 74.9 cm³/mol. The molecule has 4 heteroatoms. The fourth-order valence-corrected chi connectivity index (χ4v) is 2.68. The van der Waals surface area contributed by atoms with Gasteiger partial charge in [-0.05, 0) is 43.4 Å². The van der Waals surface area contributed by atoms with Crippen molar-refractivity contribution >= 4 is 5.95 Å². The number of pyridine rings is 1. The number of piperidine rings is 1. The Kier molecular flexibility index (Phi) is 3.68. The first-order valence-electron chi connectivity index (χ1n) is 6.84. The van der Waals surface area contributed by atoms with Crippen molar-refractivity contribution < 1.29 is 0 Å². The summed E-state index contributed by atoms with van der Waals surface area (Å²) in [5, 5.41) is 0. The molecule has 0 radical (unpaired) electrons. The quantitative estimate of drug-likeness (QED) is 0.843. The van der Waals surface area contributed by atoms with Crippen LogP contribution >= 0.6 is 0 Å². The summed E-state index contributed by atoms with van der Waals surface area (Å²) in [7, 11) is 0. The smallest absolute Gasteiger partial charge is 0.225 e. The lowest BCUT2D eigenvalue weighted by atomic mass is 9.93. The minimum Gasteiger partial charge on any atom is -0.341 e. The highest BCUT2D eigenvalue weighted by atomic mass is 15.2. The van der Waals surface area contributed by atoms with Crippen LogP contribution in [0.2, 0.25) is 0 Å². The number of aromatic nitrogens is 3. The van der Waals surface area contributed by atoms with E-state index < -0.39 is 0 Å². The Morgan fingerprint density at radius 1 is 1.05 bits per heavy atom. The maximum absolute atomic E-state index is 4.42. The van der Waals surface area contributed by atoms with Gasteiger partial charge in [-0.25, -0.2) is 9.97 Å². The SMILES string of the molecule is c1ccc(CC2CCCN(c3ncccn3)C2)nc1. The molecular formula is C15H18N4. The third-order valence-corrected chi connectivity index (χ3v) is 3.58. The zero-order valence-electron chi connectivity index (χ0n) is 10.9. The summed E-state index contributed by atoms with van der Waals surface area (Å²) >= 11 is 0. The van der Waals surface area contributed by atoms with Crippen molar-refractivity contribution in [1.29, 1.82) is 0 Å². The van der Waals surface area contributed by atoms with Crippen LogP contribution in [0.3, 0.4) is 0 Å². The van der Waals surface area contributed by atoms with E-state index in [-0.39, 0.29) is 0 Å². The Hall–Kier alpha value is -1.97. The lowest BCUT2D eigenvalue weighted by molar-refractivity contribution is 0.406. The zero-order valence-corrected chi connectivity index (χ0v) is 10.9. The zero-order chi connectivity index (χ0) is 12.9. The van der Waals surface area contributed by atoms with E-state index in [4.69, 9.17) is 0 Å². The number of hydrogen-bond acceptors (Lipinski definition) is 4. The van der Waals surface area contributed by atoms with Gasteiger partial charge in [0.1, 0.15) is 0 Å². The lowest BCUT2D eigenvalue weighted by Gasteiger charge is -2.32. The van der Waals surface area contributed by atoms with E-state index in [1.165, 1.54) is 18.5 Å². The molecule has 0 spiro atoms. The summed E-state index contributed by atoms with van der Waals surface area (Å²) in [5.74, 6) is 1.50. The van der Waals surface area contributed by atoms with Gasteiger partial charge in [0.05, 0.1) is 0 Å². The fraction of sp³-hybridized carbons (Fsp3) is 0.400. The maximum atomic E-state index is 4.42. The molecule has 0 amide bonds. The van der Waals surface area contributed by atoms with Crippen LogP contribution in [0.15, 0.2) is 42.9 Å². The van der Waals surface area contributed by atoms with Crippen molar-refractivity contribution in [3.8, 4) is 0 Å². The molecular weight excluding hydrogens is 236 g/mol. The molecule has 0 bridgehead atoms. The molecule has 1 unspecified atom stereocenters. The third-order valence-electron chi connectivity index (χ3n) is 3.58. The molecule has 1 saturated heterocycles. The average molecular weight is 254 g/mol. The van der Waals surface area contributed by atoms with E-state index in [9.17, 15) is 0 Å². The van der Waals surface area contributed by atoms with Gasteiger partial charge in [-0.1, -0.05) is 6.07 Å². The topological polar surface area (TPSA) is 41.9 Å². The van der Waals surface area contributed by atoms with E-state index in [2.05, 4.69) is 32.0 Å². The molecule has 98 valence electrons. The molecule has 0 aliphatic carbocycles. The Bertz CT molecular complexity index is 500. The Morgan fingerprint density at radius 3 is 2.68 bits per heavy atom. The second-order valence-electron chi connectivity index (χ2n) is 5.03. The molecule has 2 aromatic heterocycles. The summed E-state index contributed by atoms with van der Waals surface area (Å²) in [5.41, 5.74) is 1.18. The van der Waals surface area contributed by atoms with E-state index in [1.807, 2.05) is 30.7 Å². The second kappa shape index (κ2) is 5.78. The van der Waals surface area contributed by atoms with Crippen LogP contribution in [0.25, 0.3) is 0 Å². The summed E-state index contributed by atoms with van der Waals surface area (Å²) in [6.45, 7) is 2.09. The molecule has 2 aromatic rings. The Labute approximate surface area is 113 Å². The van der Waals surface area contributed by atoms with Gasteiger partial charge in [-0.3, -0.25) is 4.98 Å². The van der Waals surface area contributed by atoms with Gasteiger partial charge < -0.3 is 4.90 Å². The van der Waals surface area contributed by atoms with E-state index in [1.54, 1.807) is 0 Å². The van der Waals surface area contributed by atoms with Gasteiger partial charge in [0.2, 0.25) is 5.95 Å². The van der Waals surface area contributed by atoms with E-state index >= 15 is 0 Å². The Balaban J connectivity index is 1.65. The normalized spacial score (nSPS) is 19.4. The van der Waals surface area contributed by atoms with Crippen LogP contribution in [0.5, 0.6) is 0 Å². The maximum Gasteiger partial charge on any atom is 0.225 e. The number of hydrogen-bond donors (Lipinski definition) is 0. The van der Waals surface area contributed by atoms with Crippen LogP contribution in [0.1, 0.15) is 18.5 Å². The van der Waals surface area contributed by atoms with Crippen LogP contribution in [-0.2, 0) is 6.42 Å². The first-order chi connectivity index (χ1) is 9.42. The Morgan fingerprint density at radius 2 is 1.89 bits per heavy atom. The highest BCUT2D eigenvalue weighted by Gasteiger charge is 2.21. The van der Waals surface area contributed by atoms with Crippen molar-refractivity contribution in [3.63, 3.8) is 0 Å². The monoisotopic (exact) mass is 254 g/mol. The van der Waals surface area contributed by atoms with Gasteiger partial charge >= 0.3 is 0 Å². The summed E-state index contributed by atoms with van der Waals surface area (Å²) in [4.78, 5) is 15.4. The minimum atomic E-state index is 0.646.